The van der Waals surface area contributed by atoms with Crippen molar-refractivity contribution < 1.29 is 0 Å². The van der Waals surface area contributed by atoms with Crippen molar-refractivity contribution in [2.75, 3.05) is 4.90 Å². The van der Waals surface area contributed by atoms with Gasteiger partial charge in [-0.2, -0.15) is 0 Å². The smallest absolute Gasteiger partial charge is 0.0714 e. The van der Waals surface area contributed by atoms with Crippen LogP contribution in [0.2, 0.25) is 0 Å². The molecule has 63 heavy (non-hydrogen) atoms. The van der Waals surface area contributed by atoms with Crippen molar-refractivity contribution in [2.45, 2.75) is 12.3 Å². The topological polar surface area (TPSA) is 3.24 Å². The second-order valence-corrected chi connectivity index (χ2v) is 16.1. The molecule has 1 heteroatoms. The van der Waals surface area contributed by atoms with E-state index in [0.717, 1.165) is 22.6 Å². The molecule has 1 aliphatic rings. The fourth-order valence-electron chi connectivity index (χ4n) is 9.56. The summed E-state index contributed by atoms with van der Waals surface area (Å²) in [6.45, 7) is 6.46. The molecule has 0 saturated carbocycles. The fraction of sp³-hybridized carbons (Fsp3) is 0.0323. The van der Waals surface area contributed by atoms with Crippen LogP contribution in [0, 0.1) is 0 Å². The molecule has 0 bridgehead atoms. The average Bonchev–Trinajstić information content (AvgIpc) is 3.65. The summed E-state index contributed by atoms with van der Waals surface area (Å²) in [5.74, 6) is 0. The van der Waals surface area contributed by atoms with Crippen LogP contribution in [0.5, 0.6) is 0 Å². The van der Waals surface area contributed by atoms with Crippen molar-refractivity contribution in [1.29, 1.82) is 0 Å². The van der Waals surface area contributed by atoms with Gasteiger partial charge in [-0.25, -0.2) is 0 Å². The quantitative estimate of drug-likeness (QED) is 0.126. The molecule has 9 aromatic carbocycles. The van der Waals surface area contributed by atoms with E-state index in [-0.39, 0.29) is 0 Å². The maximum absolute atomic E-state index is 4.35. The minimum atomic E-state index is -0.573. The Hall–Kier alpha value is -8.00. The predicted octanol–water partition coefficient (Wildman–Crippen LogP) is 16.7. The molecule has 9 aromatic rings. The summed E-state index contributed by atoms with van der Waals surface area (Å²) in [7, 11) is 0. The van der Waals surface area contributed by atoms with E-state index in [1.807, 2.05) is 6.08 Å². The highest BCUT2D eigenvalue weighted by atomic mass is 15.1. The predicted molar refractivity (Wildman–Crippen MR) is 268 cm³/mol. The lowest BCUT2D eigenvalue weighted by Crippen LogP contribution is -2.29. The van der Waals surface area contributed by atoms with Crippen molar-refractivity contribution in [3.8, 4) is 44.5 Å². The van der Waals surface area contributed by atoms with Gasteiger partial charge >= 0.3 is 0 Å². The SMILES string of the molecule is C=CC1=C(/C=C\C)C(c2ccccc2)(c2cccc(N(c3ccc(-c4cccc(-c5ccccc5)c4)cc3)c3ccc(-c4cccc(-c5ccccc5)c4)cc3)c2)c2ccccc21. The molecule has 0 aromatic heterocycles. The van der Waals surface area contributed by atoms with E-state index in [1.54, 1.807) is 0 Å². The lowest BCUT2D eigenvalue weighted by atomic mass is 9.66. The summed E-state index contributed by atoms with van der Waals surface area (Å²) >= 11 is 0. The molecule has 0 fully saturated rings. The van der Waals surface area contributed by atoms with Gasteiger partial charge in [0.2, 0.25) is 0 Å². The number of fused-ring (bicyclic) bond motifs is 1. The molecule has 1 atom stereocenters. The average molecular weight is 806 g/mol. The van der Waals surface area contributed by atoms with Crippen LogP contribution in [0.15, 0.2) is 267 Å². The Kier molecular flexibility index (Phi) is 10.7. The number of anilines is 3. The van der Waals surface area contributed by atoms with Crippen LogP contribution in [0.25, 0.3) is 50.1 Å². The van der Waals surface area contributed by atoms with Crippen LogP contribution in [0.4, 0.5) is 17.1 Å². The molecule has 0 aliphatic heterocycles. The van der Waals surface area contributed by atoms with Crippen molar-refractivity contribution >= 4 is 22.6 Å². The Bertz CT molecular complexity index is 2980. The summed E-state index contributed by atoms with van der Waals surface area (Å²) < 4.78 is 0. The first-order valence-electron chi connectivity index (χ1n) is 21.7. The number of hydrogen-bond donors (Lipinski definition) is 0. The van der Waals surface area contributed by atoms with Gasteiger partial charge in [0.1, 0.15) is 0 Å². The van der Waals surface area contributed by atoms with Crippen LogP contribution < -0.4 is 4.90 Å². The number of rotatable bonds is 11. The van der Waals surface area contributed by atoms with E-state index in [2.05, 4.69) is 267 Å². The molecule has 10 rings (SSSR count). The maximum Gasteiger partial charge on any atom is 0.0714 e. The molecule has 0 spiro atoms. The standard InChI is InChI=1S/C62H47N/c1-3-19-60-58(4-2)59-32-14-15-33-61(59)62(60,53-28-12-7-13-29-53)54-30-18-31-57(44-54)63(55-38-34-47(35-39-55)51-26-16-24-49(42-51)45-20-8-5-9-21-45)56-40-36-48(37-41-56)52-27-17-25-50(43-52)46-22-10-6-11-23-46/h3-44H,2H2,1H3/b19-3-. The Balaban J connectivity index is 1.12. The third-order valence-corrected chi connectivity index (χ3v) is 12.5. The molecular formula is C62H47N. The summed E-state index contributed by atoms with van der Waals surface area (Å²) in [5.41, 5.74) is 19.5. The number of hydrogen-bond acceptors (Lipinski definition) is 1. The zero-order chi connectivity index (χ0) is 42.6. The van der Waals surface area contributed by atoms with E-state index in [1.165, 1.54) is 72.3 Å². The van der Waals surface area contributed by atoms with Gasteiger partial charge in [-0.05, 0) is 133 Å². The first-order chi connectivity index (χ1) is 31.1. The molecule has 0 saturated heterocycles. The Morgan fingerprint density at radius 1 is 0.381 bits per heavy atom. The van der Waals surface area contributed by atoms with E-state index in [4.69, 9.17) is 0 Å². The zero-order valence-corrected chi connectivity index (χ0v) is 35.4. The van der Waals surface area contributed by atoms with Crippen molar-refractivity contribution in [3.63, 3.8) is 0 Å². The second-order valence-electron chi connectivity index (χ2n) is 16.1. The monoisotopic (exact) mass is 805 g/mol. The summed E-state index contributed by atoms with van der Waals surface area (Å²) in [5, 5.41) is 0. The summed E-state index contributed by atoms with van der Waals surface area (Å²) in [4.78, 5) is 2.39. The van der Waals surface area contributed by atoms with Gasteiger partial charge in [0.15, 0.2) is 0 Å². The molecule has 1 nitrogen and oxygen atoms in total. The zero-order valence-electron chi connectivity index (χ0n) is 35.4. The summed E-state index contributed by atoms with van der Waals surface area (Å²) in [6, 6.07) is 85.8. The highest BCUT2D eigenvalue weighted by molar-refractivity contribution is 5.92. The van der Waals surface area contributed by atoms with Gasteiger partial charge < -0.3 is 4.90 Å². The largest absolute Gasteiger partial charge is 0.310 e. The molecule has 1 aliphatic carbocycles. The second kappa shape index (κ2) is 17.2. The van der Waals surface area contributed by atoms with Gasteiger partial charge in [-0.1, -0.05) is 213 Å². The molecule has 0 radical (unpaired) electrons. The van der Waals surface area contributed by atoms with Crippen LogP contribution in [-0.2, 0) is 5.41 Å². The van der Waals surface area contributed by atoms with Crippen LogP contribution >= 0.6 is 0 Å². The molecule has 1 unspecified atom stereocenters. The van der Waals surface area contributed by atoms with E-state index in [0.29, 0.717) is 0 Å². The van der Waals surface area contributed by atoms with Crippen LogP contribution in [0.3, 0.4) is 0 Å². The Morgan fingerprint density at radius 2 is 0.810 bits per heavy atom. The van der Waals surface area contributed by atoms with Crippen LogP contribution in [0.1, 0.15) is 29.2 Å². The minimum absolute atomic E-state index is 0.573. The van der Waals surface area contributed by atoms with Gasteiger partial charge in [0.25, 0.3) is 0 Å². The first kappa shape index (κ1) is 39.2. The first-order valence-corrected chi connectivity index (χ1v) is 21.7. The highest BCUT2D eigenvalue weighted by Gasteiger charge is 2.46. The van der Waals surface area contributed by atoms with E-state index in [9.17, 15) is 0 Å². The Morgan fingerprint density at radius 3 is 1.32 bits per heavy atom. The van der Waals surface area contributed by atoms with Crippen molar-refractivity contribution in [3.05, 3.63) is 289 Å². The van der Waals surface area contributed by atoms with Crippen molar-refractivity contribution in [1.82, 2.24) is 0 Å². The van der Waals surface area contributed by atoms with Crippen LogP contribution in [-0.4, -0.2) is 0 Å². The molecule has 0 heterocycles. The van der Waals surface area contributed by atoms with E-state index >= 15 is 0 Å². The third kappa shape index (κ3) is 7.24. The van der Waals surface area contributed by atoms with Gasteiger partial charge in [-0.3, -0.25) is 0 Å². The van der Waals surface area contributed by atoms with Gasteiger partial charge in [0, 0.05) is 17.1 Å². The van der Waals surface area contributed by atoms with Gasteiger partial charge in [0.05, 0.1) is 5.41 Å². The molecule has 0 N–H and O–H groups in total. The normalized spacial score (nSPS) is 14.4. The maximum atomic E-state index is 4.35. The number of allylic oxidation sites excluding steroid dienone is 5. The lowest BCUT2D eigenvalue weighted by Gasteiger charge is -2.36. The molecule has 300 valence electrons. The van der Waals surface area contributed by atoms with Gasteiger partial charge in [-0.15, -0.1) is 0 Å². The third-order valence-electron chi connectivity index (χ3n) is 12.5. The highest BCUT2D eigenvalue weighted by Crippen LogP contribution is 2.56. The number of benzene rings is 9. The van der Waals surface area contributed by atoms with E-state index < -0.39 is 5.41 Å². The number of nitrogens with zero attached hydrogens (tertiary/aromatic N) is 1. The molecular weight excluding hydrogens is 759 g/mol. The minimum Gasteiger partial charge on any atom is -0.310 e. The van der Waals surface area contributed by atoms with Crippen molar-refractivity contribution in [2.24, 2.45) is 0 Å². The summed E-state index contributed by atoms with van der Waals surface area (Å²) in [6.07, 6.45) is 6.47. The fourth-order valence-corrected chi connectivity index (χ4v) is 9.56. The molecule has 0 amide bonds. The Labute approximate surface area is 371 Å². The lowest BCUT2D eigenvalue weighted by molar-refractivity contribution is 0.761.